The topological polar surface area (TPSA) is 16.4 Å². The van der Waals surface area contributed by atoms with Crippen molar-refractivity contribution in [1.82, 2.24) is 0 Å². The number of para-hydroxylation sites is 3. The molecule has 0 amide bonds. The Morgan fingerprint density at radius 1 is 0.500 bits per heavy atom. The highest BCUT2D eigenvalue weighted by Gasteiger charge is 2.18. The van der Waals surface area contributed by atoms with Crippen molar-refractivity contribution in [3.63, 3.8) is 0 Å². The molecule has 0 unspecified atom stereocenters. The predicted molar refractivity (Wildman–Crippen MR) is 108 cm³/mol. The summed E-state index contributed by atoms with van der Waals surface area (Å²) in [5, 5.41) is 2.27. The Bertz CT molecular complexity index is 1140. The second kappa shape index (κ2) is 6.08. The first kappa shape index (κ1) is 14.8. The maximum Gasteiger partial charge on any atom is 0.137 e. The number of furan rings is 1. The third kappa shape index (κ3) is 2.35. The minimum absolute atomic E-state index is 0.903. The summed E-state index contributed by atoms with van der Waals surface area (Å²) in [5.74, 6) is 0. The van der Waals surface area contributed by atoms with Crippen LogP contribution in [0.5, 0.6) is 0 Å². The van der Waals surface area contributed by atoms with Gasteiger partial charge in [0.05, 0.1) is 11.1 Å². The molecule has 0 bridgehead atoms. The molecule has 5 rings (SSSR count). The van der Waals surface area contributed by atoms with Crippen molar-refractivity contribution in [2.24, 2.45) is 0 Å². The third-order valence-corrected chi connectivity index (χ3v) is 4.65. The van der Waals surface area contributed by atoms with E-state index in [9.17, 15) is 0 Å². The maximum atomic E-state index is 6.09. The second-order valence-electron chi connectivity index (χ2n) is 6.26. The molecule has 5 aromatic rings. The van der Waals surface area contributed by atoms with Crippen LogP contribution >= 0.6 is 0 Å². The summed E-state index contributed by atoms with van der Waals surface area (Å²) in [6, 6.07) is 35.4. The van der Waals surface area contributed by atoms with Crippen molar-refractivity contribution in [2.45, 2.75) is 0 Å². The highest BCUT2D eigenvalue weighted by atomic mass is 16.3. The van der Waals surface area contributed by atoms with E-state index >= 15 is 0 Å². The van der Waals surface area contributed by atoms with E-state index in [1.807, 2.05) is 30.3 Å². The van der Waals surface area contributed by atoms with Gasteiger partial charge in [-0.1, -0.05) is 60.7 Å². The van der Waals surface area contributed by atoms with Gasteiger partial charge < -0.3 is 9.32 Å². The molecule has 2 heteroatoms. The molecule has 124 valence electrons. The van der Waals surface area contributed by atoms with Gasteiger partial charge in [0, 0.05) is 16.8 Å². The van der Waals surface area contributed by atoms with Gasteiger partial charge in [0.1, 0.15) is 11.2 Å². The zero-order chi connectivity index (χ0) is 17.3. The number of anilines is 3. The Hall–Kier alpha value is -3.52. The number of benzene rings is 4. The third-order valence-electron chi connectivity index (χ3n) is 4.65. The molecule has 0 saturated heterocycles. The van der Waals surface area contributed by atoms with Crippen molar-refractivity contribution in [2.75, 3.05) is 4.90 Å². The van der Waals surface area contributed by atoms with E-state index in [0.717, 1.165) is 39.0 Å². The zero-order valence-corrected chi connectivity index (χ0v) is 14.2. The molecule has 0 aliphatic heterocycles. The summed E-state index contributed by atoms with van der Waals surface area (Å²) in [6.07, 6.45) is 0. The highest BCUT2D eigenvalue weighted by Crippen LogP contribution is 2.42. The molecule has 0 aliphatic carbocycles. The fraction of sp³-hybridized carbons (Fsp3) is 0. The number of hydrogen-bond donors (Lipinski definition) is 0. The monoisotopic (exact) mass is 335 g/mol. The van der Waals surface area contributed by atoms with Gasteiger partial charge in [0.2, 0.25) is 0 Å². The Labute approximate surface area is 151 Å². The first-order valence-corrected chi connectivity index (χ1v) is 8.72. The summed E-state index contributed by atoms with van der Waals surface area (Å²) in [5.41, 5.74) is 5.18. The molecule has 0 saturated carbocycles. The molecule has 4 aromatic carbocycles. The number of fused-ring (bicyclic) bond motifs is 3. The molecule has 26 heavy (non-hydrogen) atoms. The number of hydrogen-bond acceptors (Lipinski definition) is 2. The Kier molecular flexibility index (Phi) is 3.46. The fourth-order valence-corrected chi connectivity index (χ4v) is 3.52. The molecular formula is C24H17NO. The number of rotatable bonds is 3. The van der Waals surface area contributed by atoms with Crippen LogP contribution in [-0.2, 0) is 0 Å². The van der Waals surface area contributed by atoms with Gasteiger partial charge in [-0.15, -0.1) is 0 Å². The average Bonchev–Trinajstić information content (AvgIpc) is 3.09. The van der Waals surface area contributed by atoms with E-state index < -0.39 is 0 Å². The van der Waals surface area contributed by atoms with Crippen molar-refractivity contribution >= 4 is 39.0 Å². The average molecular weight is 335 g/mol. The zero-order valence-electron chi connectivity index (χ0n) is 14.2. The highest BCUT2D eigenvalue weighted by molar-refractivity contribution is 6.13. The van der Waals surface area contributed by atoms with E-state index in [1.165, 1.54) is 0 Å². The van der Waals surface area contributed by atoms with E-state index in [4.69, 9.17) is 4.42 Å². The molecule has 1 aromatic heterocycles. The van der Waals surface area contributed by atoms with Crippen LogP contribution in [0.3, 0.4) is 0 Å². The molecule has 0 atom stereocenters. The van der Waals surface area contributed by atoms with Crippen LogP contribution < -0.4 is 4.90 Å². The lowest BCUT2D eigenvalue weighted by Gasteiger charge is -2.26. The molecule has 0 spiro atoms. The van der Waals surface area contributed by atoms with E-state index in [1.54, 1.807) is 0 Å². The minimum Gasteiger partial charge on any atom is -0.456 e. The lowest BCUT2D eigenvalue weighted by atomic mass is 10.1. The first-order chi connectivity index (χ1) is 12.9. The second-order valence-corrected chi connectivity index (χ2v) is 6.26. The quantitative estimate of drug-likeness (QED) is 0.351. The summed E-state index contributed by atoms with van der Waals surface area (Å²) < 4.78 is 6.09. The summed E-state index contributed by atoms with van der Waals surface area (Å²) in [6.45, 7) is 0. The minimum atomic E-state index is 0.903. The lowest BCUT2D eigenvalue weighted by Crippen LogP contribution is -2.09. The summed E-state index contributed by atoms with van der Waals surface area (Å²) >= 11 is 0. The van der Waals surface area contributed by atoms with E-state index in [0.29, 0.717) is 0 Å². The smallest absolute Gasteiger partial charge is 0.137 e. The maximum absolute atomic E-state index is 6.09. The Morgan fingerprint density at radius 2 is 1.08 bits per heavy atom. The summed E-state index contributed by atoms with van der Waals surface area (Å²) in [4.78, 5) is 2.28. The van der Waals surface area contributed by atoms with Crippen molar-refractivity contribution in [3.8, 4) is 0 Å². The predicted octanol–water partition coefficient (Wildman–Crippen LogP) is 7.06. The van der Waals surface area contributed by atoms with Gasteiger partial charge in [-0.3, -0.25) is 0 Å². The van der Waals surface area contributed by atoms with Gasteiger partial charge in [0.15, 0.2) is 0 Å². The van der Waals surface area contributed by atoms with Gasteiger partial charge in [-0.05, 0) is 42.5 Å². The van der Waals surface area contributed by atoms with Gasteiger partial charge in [-0.25, -0.2) is 0 Å². The molecule has 0 fully saturated rings. The van der Waals surface area contributed by atoms with Crippen LogP contribution in [0.15, 0.2) is 108 Å². The van der Waals surface area contributed by atoms with Crippen LogP contribution in [-0.4, -0.2) is 0 Å². The molecule has 1 heterocycles. The van der Waals surface area contributed by atoms with Crippen molar-refractivity contribution < 1.29 is 4.42 Å². The van der Waals surface area contributed by atoms with Crippen LogP contribution in [0.1, 0.15) is 0 Å². The van der Waals surface area contributed by atoms with E-state index in [2.05, 4.69) is 77.7 Å². The SMILES string of the molecule is c1ccc(N(c2ccccc2)c2cccc3oc4ccccc4c23)cc1. The Morgan fingerprint density at radius 3 is 1.77 bits per heavy atom. The van der Waals surface area contributed by atoms with Gasteiger partial charge >= 0.3 is 0 Å². The van der Waals surface area contributed by atoms with Crippen LogP contribution in [0.2, 0.25) is 0 Å². The molecular weight excluding hydrogens is 318 g/mol. The van der Waals surface area contributed by atoms with Crippen LogP contribution in [0.4, 0.5) is 17.1 Å². The van der Waals surface area contributed by atoms with Gasteiger partial charge in [0.25, 0.3) is 0 Å². The van der Waals surface area contributed by atoms with E-state index in [-0.39, 0.29) is 0 Å². The van der Waals surface area contributed by atoms with Crippen molar-refractivity contribution in [3.05, 3.63) is 103 Å². The molecule has 2 nitrogen and oxygen atoms in total. The van der Waals surface area contributed by atoms with Crippen LogP contribution in [0.25, 0.3) is 21.9 Å². The molecule has 0 radical (unpaired) electrons. The summed E-state index contributed by atoms with van der Waals surface area (Å²) in [7, 11) is 0. The van der Waals surface area contributed by atoms with Crippen molar-refractivity contribution in [1.29, 1.82) is 0 Å². The van der Waals surface area contributed by atoms with Crippen LogP contribution in [0, 0.1) is 0 Å². The number of nitrogens with zero attached hydrogens (tertiary/aromatic N) is 1. The standard InChI is InChI=1S/C24H17NO/c1-3-10-18(11-4-1)25(19-12-5-2-6-13-19)21-15-9-17-23-24(21)20-14-7-8-16-22(20)26-23/h1-17H. The normalized spacial score (nSPS) is 11.1. The molecule has 0 N–H and O–H groups in total. The largest absolute Gasteiger partial charge is 0.456 e. The Balaban J connectivity index is 1.85. The molecule has 0 aliphatic rings. The van der Waals surface area contributed by atoms with Gasteiger partial charge in [-0.2, -0.15) is 0 Å². The lowest BCUT2D eigenvalue weighted by molar-refractivity contribution is 0.669. The first-order valence-electron chi connectivity index (χ1n) is 8.72. The fourth-order valence-electron chi connectivity index (χ4n) is 3.52.